The van der Waals surface area contributed by atoms with Crippen molar-refractivity contribution in [3.8, 4) is 0 Å². The van der Waals surface area contributed by atoms with E-state index in [1.807, 2.05) is 25.0 Å². The molecule has 0 saturated heterocycles. The number of aryl methyl sites for hydroxylation is 1. The summed E-state index contributed by atoms with van der Waals surface area (Å²) in [5, 5.41) is 3.17. The van der Waals surface area contributed by atoms with Gasteiger partial charge in [0.1, 0.15) is 5.69 Å². The van der Waals surface area contributed by atoms with Gasteiger partial charge in [-0.15, -0.1) is 0 Å². The van der Waals surface area contributed by atoms with Crippen LogP contribution in [0.15, 0.2) is 24.3 Å². The average molecular weight is 199 g/mol. The van der Waals surface area contributed by atoms with Gasteiger partial charge in [-0.1, -0.05) is 17.7 Å². The molecular weight excluding hydrogens is 184 g/mol. The van der Waals surface area contributed by atoms with Crippen molar-refractivity contribution in [1.29, 1.82) is 0 Å². The molecule has 0 bridgehead atoms. The molecule has 0 aliphatic carbocycles. The van der Waals surface area contributed by atoms with Gasteiger partial charge in [0, 0.05) is 0 Å². The highest BCUT2D eigenvalue weighted by molar-refractivity contribution is 5.71. The fraction of sp³-hybridized carbons (Fsp3) is 0.300. The number of nitrogens with zero attached hydrogens (tertiary/aromatic N) is 1. The van der Waals surface area contributed by atoms with Crippen molar-refractivity contribution in [2.24, 2.45) is 0 Å². The molecule has 0 aliphatic heterocycles. The quantitative estimate of drug-likeness (QED) is 0.355. The maximum Gasteiger partial charge on any atom is 0.236 e. The Labute approximate surface area is 85.7 Å². The standard InChI is InChI=1S/C10H14N2.ClH/c1-9-4-6-10(7-5-9)11-8-12(2)3;/h4-8H,1-3H3;1H. The van der Waals surface area contributed by atoms with Crippen molar-refractivity contribution in [2.45, 2.75) is 6.92 Å². The van der Waals surface area contributed by atoms with E-state index in [0.29, 0.717) is 0 Å². The van der Waals surface area contributed by atoms with Crippen LogP contribution in [0.2, 0.25) is 0 Å². The van der Waals surface area contributed by atoms with Crippen LogP contribution in [0.3, 0.4) is 0 Å². The summed E-state index contributed by atoms with van der Waals surface area (Å²) in [5.74, 6) is 0. The minimum absolute atomic E-state index is 0. The van der Waals surface area contributed by atoms with Crippen molar-refractivity contribution >= 4 is 12.0 Å². The van der Waals surface area contributed by atoms with Crippen molar-refractivity contribution in [2.75, 3.05) is 19.4 Å². The monoisotopic (exact) mass is 198 g/mol. The number of rotatable bonds is 2. The highest BCUT2D eigenvalue weighted by Gasteiger charge is 1.92. The molecular formula is C10H15ClN2. The molecule has 0 spiro atoms. The molecule has 0 fully saturated rings. The van der Waals surface area contributed by atoms with Gasteiger partial charge >= 0.3 is 0 Å². The Balaban J connectivity index is 0.00000144. The first kappa shape index (κ1) is 12.0. The van der Waals surface area contributed by atoms with E-state index in [4.69, 9.17) is 0 Å². The molecule has 13 heavy (non-hydrogen) atoms. The second-order valence-electron chi connectivity index (χ2n) is 3.10. The van der Waals surface area contributed by atoms with Gasteiger partial charge in [-0.05, 0) is 19.1 Å². The third-order valence-electron chi connectivity index (χ3n) is 1.54. The Morgan fingerprint density at radius 1 is 1.15 bits per heavy atom. The summed E-state index contributed by atoms with van der Waals surface area (Å²) in [4.78, 5) is 0. The molecule has 2 nitrogen and oxygen atoms in total. The molecule has 1 aromatic carbocycles. The van der Waals surface area contributed by atoms with Crippen LogP contribution < -0.4 is 17.7 Å². The first-order valence-corrected chi connectivity index (χ1v) is 4.01. The summed E-state index contributed by atoms with van der Waals surface area (Å²) in [6.07, 6.45) is 1.92. The molecule has 72 valence electrons. The number of anilines is 1. The van der Waals surface area contributed by atoms with E-state index >= 15 is 0 Å². The van der Waals surface area contributed by atoms with E-state index in [2.05, 4.69) is 36.5 Å². The van der Waals surface area contributed by atoms with Gasteiger partial charge in [0.25, 0.3) is 0 Å². The van der Waals surface area contributed by atoms with E-state index in [0.717, 1.165) is 5.69 Å². The van der Waals surface area contributed by atoms with E-state index in [9.17, 15) is 0 Å². The van der Waals surface area contributed by atoms with Crippen LogP contribution >= 0.6 is 0 Å². The Morgan fingerprint density at radius 3 is 2.15 bits per heavy atom. The molecule has 0 saturated carbocycles. The second-order valence-corrected chi connectivity index (χ2v) is 3.10. The number of hydrogen-bond donors (Lipinski definition) is 1. The predicted octanol–water partition coefficient (Wildman–Crippen LogP) is -1.29. The largest absolute Gasteiger partial charge is 1.00 e. The lowest BCUT2D eigenvalue weighted by molar-refractivity contribution is -0.459. The van der Waals surface area contributed by atoms with Crippen molar-refractivity contribution in [3.05, 3.63) is 29.8 Å². The summed E-state index contributed by atoms with van der Waals surface area (Å²) in [7, 11) is 3.97. The van der Waals surface area contributed by atoms with Crippen molar-refractivity contribution in [1.82, 2.24) is 0 Å². The highest BCUT2D eigenvalue weighted by Crippen LogP contribution is 2.06. The van der Waals surface area contributed by atoms with Gasteiger partial charge in [0.2, 0.25) is 6.34 Å². The van der Waals surface area contributed by atoms with Gasteiger partial charge in [-0.2, -0.15) is 0 Å². The lowest BCUT2D eigenvalue weighted by atomic mass is 10.2. The fourth-order valence-electron chi connectivity index (χ4n) is 0.853. The van der Waals surface area contributed by atoms with Crippen molar-refractivity contribution < 1.29 is 17.0 Å². The fourth-order valence-corrected chi connectivity index (χ4v) is 0.853. The molecule has 1 aromatic rings. The number of benzene rings is 1. The van der Waals surface area contributed by atoms with E-state index < -0.39 is 0 Å². The third-order valence-corrected chi connectivity index (χ3v) is 1.54. The molecule has 1 N–H and O–H groups in total. The minimum Gasteiger partial charge on any atom is -1.00 e. The molecule has 3 heteroatoms. The topological polar surface area (TPSA) is 15.0 Å². The third kappa shape index (κ3) is 4.53. The van der Waals surface area contributed by atoms with E-state index in [-0.39, 0.29) is 12.4 Å². The molecule has 0 heterocycles. The number of halogens is 1. The normalized spacial score (nSPS) is 8.54. The second kappa shape index (κ2) is 5.60. The Bertz CT molecular complexity index is 273. The summed E-state index contributed by atoms with van der Waals surface area (Å²) in [6, 6.07) is 8.31. The van der Waals surface area contributed by atoms with Gasteiger partial charge in [0.15, 0.2) is 0 Å². The van der Waals surface area contributed by atoms with Crippen LogP contribution in [0.4, 0.5) is 5.69 Å². The summed E-state index contributed by atoms with van der Waals surface area (Å²) >= 11 is 0. The molecule has 0 aromatic heterocycles. The van der Waals surface area contributed by atoms with Crippen LogP contribution in [-0.2, 0) is 0 Å². The highest BCUT2D eigenvalue weighted by atomic mass is 35.5. The zero-order chi connectivity index (χ0) is 8.97. The maximum atomic E-state index is 3.17. The van der Waals surface area contributed by atoms with Crippen LogP contribution in [0, 0.1) is 6.92 Å². The molecule has 0 atom stereocenters. The zero-order valence-electron chi connectivity index (χ0n) is 8.21. The Kier molecular flexibility index (Phi) is 5.16. The lowest BCUT2D eigenvalue weighted by Crippen LogP contribution is -3.00. The first-order valence-electron chi connectivity index (χ1n) is 4.01. The van der Waals surface area contributed by atoms with Crippen molar-refractivity contribution in [3.63, 3.8) is 0 Å². The zero-order valence-corrected chi connectivity index (χ0v) is 8.97. The smallest absolute Gasteiger partial charge is 0.236 e. The van der Waals surface area contributed by atoms with Crippen LogP contribution in [0.1, 0.15) is 5.56 Å². The van der Waals surface area contributed by atoms with Crippen LogP contribution in [0.5, 0.6) is 0 Å². The average Bonchev–Trinajstić information content (AvgIpc) is 2.03. The summed E-state index contributed by atoms with van der Waals surface area (Å²) in [6.45, 7) is 2.08. The van der Waals surface area contributed by atoms with E-state index in [1.54, 1.807) is 0 Å². The van der Waals surface area contributed by atoms with Gasteiger partial charge < -0.3 is 12.4 Å². The minimum atomic E-state index is 0. The maximum absolute atomic E-state index is 3.17. The SMILES string of the molecule is Cc1ccc(NC=[N+](C)C)cc1.[Cl-]. The molecule has 0 aliphatic rings. The van der Waals surface area contributed by atoms with Gasteiger partial charge in [-0.25, -0.2) is 5.32 Å². The summed E-state index contributed by atoms with van der Waals surface area (Å²) in [5.41, 5.74) is 2.40. The van der Waals surface area contributed by atoms with Crippen LogP contribution in [0.25, 0.3) is 0 Å². The lowest BCUT2D eigenvalue weighted by Gasteiger charge is -1.95. The Hall–Kier alpha value is -1.02. The Morgan fingerprint density at radius 2 is 1.69 bits per heavy atom. The summed E-state index contributed by atoms with van der Waals surface area (Å²) < 4.78 is 1.97. The first-order chi connectivity index (χ1) is 5.68. The predicted molar refractivity (Wildman–Crippen MR) is 53.0 cm³/mol. The molecule has 0 radical (unpaired) electrons. The number of nitrogens with one attached hydrogen (secondary N) is 1. The number of hydrogen-bond acceptors (Lipinski definition) is 0. The van der Waals surface area contributed by atoms with E-state index in [1.165, 1.54) is 5.56 Å². The van der Waals surface area contributed by atoms with Gasteiger partial charge in [-0.3, -0.25) is 4.58 Å². The van der Waals surface area contributed by atoms with Gasteiger partial charge in [0.05, 0.1) is 14.1 Å². The van der Waals surface area contributed by atoms with Crippen LogP contribution in [-0.4, -0.2) is 25.0 Å². The molecule has 1 rings (SSSR count). The molecule has 0 unspecified atom stereocenters. The molecule has 0 amide bonds.